The molecule has 180 valence electrons. The molecule has 0 saturated heterocycles. The maximum absolute atomic E-state index is 13.3. The van der Waals surface area contributed by atoms with E-state index in [-0.39, 0.29) is 29.8 Å². The van der Waals surface area contributed by atoms with E-state index in [1.165, 1.54) is 24.1 Å². The summed E-state index contributed by atoms with van der Waals surface area (Å²) in [6.45, 7) is 9.80. The van der Waals surface area contributed by atoms with Gasteiger partial charge in [-0.25, -0.2) is 8.42 Å². The molecule has 0 aromatic heterocycles. The van der Waals surface area contributed by atoms with Crippen molar-refractivity contribution in [1.82, 2.24) is 14.5 Å². The van der Waals surface area contributed by atoms with Gasteiger partial charge in [0.1, 0.15) is 6.04 Å². The van der Waals surface area contributed by atoms with Gasteiger partial charge >= 0.3 is 0 Å². The Hall–Kier alpha value is -2.71. The lowest BCUT2D eigenvalue weighted by molar-refractivity contribution is -0.140. The molecule has 0 aliphatic heterocycles. The Balaban J connectivity index is 2.27. The van der Waals surface area contributed by atoms with Crippen LogP contribution >= 0.6 is 0 Å². The zero-order valence-electron chi connectivity index (χ0n) is 20.3. The van der Waals surface area contributed by atoms with Crippen molar-refractivity contribution in [2.45, 2.75) is 52.1 Å². The van der Waals surface area contributed by atoms with Crippen molar-refractivity contribution >= 4 is 21.8 Å². The second kappa shape index (κ2) is 11.4. The Morgan fingerprint density at radius 1 is 0.970 bits per heavy atom. The summed E-state index contributed by atoms with van der Waals surface area (Å²) in [5.74, 6) is -0.439. The van der Waals surface area contributed by atoms with Crippen molar-refractivity contribution in [3.63, 3.8) is 0 Å². The molecule has 0 saturated carbocycles. The minimum atomic E-state index is -3.85. The quantitative estimate of drug-likeness (QED) is 0.574. The topological polar surface area (TPSA) is 86.8 Å². The number of rotatable bonds is 10. The second-order valence-corrected chi connectivity index (χ2v) is 10.9. The standard InChI is InChI=1S/C25H35N3O4S/c1-18(2)15-26-25(30)21(5)28(16-22-10-8-7-9-20(22)4)24(29)17-27(6)33(31,32)23-13-11-19(3)12-14-23/h7-14,18,21H,15-17H2,1-6H3,(H,26,30)/t21-/m1/s1. The summed E-state index contributed by atoms with van der Waals surface area (Å²) < 4.78 is 27.0. The smallest absolute Gasteiger partial charge is 0.243 e. The number of hydrogen-bond acceptors (Lipinski definition) is 4. The summed E-state index contributed by atoms with van der Waals surface area (Å²) in [6.07, 6.45) is 0. The Labute approximate surface area is 197 Å². The first-order valence-electron chi connectivity index (χ1n) is 11.1. The second-order valence-electron chi connectivity index (χ2n) is 8.84. The van der Waals surface area contributed by atoms with Gasteiger partial charge in [-0.1, -0.05) is 55.8 Å². The van der Waals surface area contributed by atoms with E-state index < -0.39 is 22.0 Å². The Kier molecular flexibility index (Phi) is 9.19. The third-order valence-electron chi connectivity index (χ3n) is 5.54. The van der Waals surface area contributed by atoms with Gasteiger partial charge in [0, 0.05) is 20.1 Å². The molecule has 1 atom stereocenters. The van der Waals surface area contributed by atoms with Gasteiger partial charge in [-0.3, -0.25) is 9.59 Å². The Morgan fingerprint density at radius 2 is 1.58 bits per heavy atom. The van der Waals surface area contributed by atoms with Crippen LogP contribution in [0.5, 0.6) is 0 Å². The molecule has 0 aliphatic rings. The van der Waals surface area contributed by atoms with E-state index >= 15 is 0 Å². The molecule has 1 N–H and O–H groups in total. The number of sulfonamides is 1. The highest BCUT2D eigenvalue weighted by Gasteiger charge is 2.30. The predicted molar refractivity (Wildman–Crippen MR) is 130 cm³/mol. The lowest BCUT2D eigenvalue weighted by Crippen LogP contribution is -2.51. The fourth-order valence-electron chi connectivity index (χ4n) is 3.26. The van der Waals surface area contributed by atoms with E-state index in [1.54, 1.807) is 19.1 Å². The first-order chi connectivity index (χ1) is 15.4. The minimum absolute atomic E-state index is 0.122. The van der Waals surface area contributed by atoms with E-state index in [0.717, 1.165) is 21.0 Å². The fourth-order valence-corrected chi connectivity index (χ4v) is 4.38. The van der Waals surface area contributed by atoms with Crippen LogP contribution in [0.1, 0.15) is 37.5 Å². The van der Waals surface area contributed by atoms with E-state index in [9.17, 15) is 18.0 Å². The molecular formula is C25H35N3O4S. The molecule has 0 aliphatic carbocycles. The van der Waals surface area contributed by atoms with Gasteiger partial charge in [0.05, 0.1) is 11.4 Å². The first kappa shape index (κ1) is 26.5. The van der Waals surface area contributed by atoms with E-state index in [2.05, 4.69) is 5.32 Å². The van der Waals surface area contributed by atoms with Crippen LogP contribution in [0.2, 0.25) is 0 Å². The van der Waals surface area contributed by atoms with Gasteiger partial charge in [0.25, 0.3) is 0 Å². The van der Waals surface area contributed by atoms with E-state index in [1.807, 2.05) is 52.0 Å². The number of carbonyl (C=O) groups is 2. The highest BCUT2D eigenvalue weighted by atomic mass is 32.2. The maximum Gasteiger partial charge on any atom is 0.243 e. The lowest BCUT2D eigenvalue weighted by Gasteiger charge is -2.31. The van der Waals surface area contributed by atoms with Crippen molar-refractivity contribution in [2.75, 3.05) is 20.1 Å². The largest absolute Gasteiger partial charge is 0.354 e. The summed E-state index contributed by atoms with van der Waals surface area (Å²) in [6, 6.07) is 13.4. The van der Waals surface area contributed by atoms with Crippen LogP contribution in [0.25, 0.3) is 0 Å². The number of nitrogens with zero attached hydrogens (tertiary/aromatic N) is 2. The third kappa shape index (κ3) is 7.14. The van der Waals surface area contributed by atoms with Crippen LogP contribution in [0.15, 0.2) is 53.4 Å². The van der Waals surface area contributed by atoms with E-state index in [4.69, 9.17) is 0 Å². The summed E-state index contributed by atoms with van der Waals surface area (Å²) >= 11 is 0. The third-order valence-corrected chi connectivity index (χ3v) is 7.36. The highest BCUT2D eigenvalue weighted by molar-refractivity contribution is 7.89. The summed E-state index contributed by atoms with van der Waals surface area (Å²) in [4.78, 5) is 27.7. The van der Waals surface area contributed by atoms with Gasteiger partial charge < -0.3 is 10.2 Å². The number of carbonyl (C=O) groups excluding carboxylic acids is 2. The molecule has 8 heteroatoms. The van der Waals surface area contributed by atoms with Crippen molar-refractivity contribution < 1.29 is 18.0 Å². The molecular weight excluding hydrogens is 438 g/mol. The van der Waals surface area contributed by atoms with Gasteiger partial charge in [-0.15, -0.1) is 0 Å². The van der Waals surface area contributed by atoms with E-state index in [0.29, 0.717) is 6.54 Å². The summed E-state index contributed by atoms with van der Waals surface area (Å²) in [7, 11) is -2.47. The number of likely N-dealkylation sites (N-methyl/N-ethyl adjacent to an activating group) is 1. The number of hydrogen-bond donors (Lipinski definition) is 1. The molecule has 0 heterocycles. The predicted octanol–water partition coefficient (Wildman–Crippen LogP) is 3.11. The SMILES string of the molecule is Cc1ccc(S(=O)(=O)N(C)CC(=O)N(Cc2ccccc2C)[C@H](C)C(=O)NCC(C)C)cc1. The molecule has 0 fully saturated rings. The average molecular weight is 474 g/mol. The van der Waals surface area contributed by atoms with Crippen LogP contribution in [-0.4, -0.2) is 55.6 Å². The Bertz CT molecular complexity index is 1070. The number of amides is 2. The van der Waals surface area contributed by atoms with Crippen molar-refractivity contribution in [2.24, 2.45) is 5.92 Å². The average Bonchev–Trinajstić information content (AvgIpc) is 2.76. The molecule has 33 heavy (non-hydrogen) atoms. The monoisotopic (exact) mass is 473 g/mol. The Morgan fingerprint density at radius 3 is 2.15 bits per heavy atom. The molecule has 0 radical (unpaired) electrons. The van der Waals surface area contributed by atoms with Crippen molar-refractivity contribution in [3.8, 4) is 0 Å². The van der Waals surface area contributed by atoms with Crippen LogP contribution in [0, 0.1) is 19.8 Å². The molecule has 0 spiro atoms. The summed E-state index contributed by atoms with van der Waals surface area (Å²) in [5.41, 5.74) is 2.84. The zero-order chi connectivity index (χ0) is 24.8. The molecule has 0 bridgehead atoms. The van der Waals surface area contributed by atoms with Gasteiger partial charge in [-0.2, -0.15) is 4.31 Å². The van der Waals surface area contributed by atoms with Crippen LogP contribution < -0.4 is 5.32 Å². The van der Waals surface area contributed by atoms with Gasteiger partial charge in [0.15, 0.2) is 0 Å². The molecule has 7 nitrogen and oxygen atoms in total. The molecule has 2 aromatic carbocycles. The fraction of sp³-hybridized carbons (Fsp3) is 0.440. The van der Waals surface area contributed by atoms with Crippen molar-refractivity contribution in [1.29, 1.82) is 0 Å². The maximum atomic E-state index is 13.3. The summed E-state index contributed by atoms with van der Waals surface area (Å²) in [5, 5.41) is 2.87. The number of benzene rings is 2. The highest BCUT2D eigenvalue weighted by Crippen LogP contribution is 2.17. The van der Waals surface area contributed by atoms with Gasteiger partial charge in [-0.05, 0) is 49.9 Å². The van der Waals surface area contributed by atoms with Crippen molar-refractivity contribution in [3.05, 3.63) is 65.2 Å². The lowest BCUT2D eigenvalue weighted by atomic mass is 10.1. The molecule has 0 unspecified atom stereocenters. The zero-order valence-corrected chi connectivity index (χ0v) is 21.1. The minimum Gasteiger partial charge on any atom is -0.354 e. The normalized spacial score (nSPS) is 12.6. The number of nitrogens with one attached hydrogen (secondary N) is 1. The number of aryl methyl sites for hydroxylation is 2. The molecule has 2 amide bonds. The molecule has 2 aromatic rings. The van der Waals surface area contributed by atoms with Crippen LogP contribution in [0.4, 0.5) is 0 Å². The molecule has 2 rings (SSSR count). The van der Waals surface area contributed by atoms with Crippen LogP contribution in [-0.2, 0) is 26.2 Å². The van der Waals surface area contributed by atoms with Gasteiger partial charge in [0.2, 0.25) is 21.8 Å². The first-order valence-corrected chi connectivity index (χ1v) is 12.5. The van der Waals surface area contributed by atoms with Crippen LogP contribution in [0.3, 0.4) is 0 Å².